The molecule has 6 atom stereocenters. The molecular formula is C64H97N11O14. The number of furan rings is 4. The van der Waals surface area contributed by atoms with Crippen LogP contribution < -0.4 is 11.1 Å². The van der Waals surface area contributed by atoms with E-state index in [2.05, 4.69) is 5.32 Å². The first-order valence-corrected chi connectivity index (χ1v) is 31.1. The van der Waals surface area contributed by atoms with E-state index in [0.29, 0.717) is 55.1 Å². The summed E-state index contributed by atoms with van der Waals surface area (Å²) in [6.45, 7) is 17.1. The molecule has 0 spiro atoms. The lowest BCUT2D eigenvalue weighted by atomic mass is 10.1. The molecule has 0 aliphatic heterocycles. The van der Waals surface area contributed by atoms with E-state index >= 15 is 0 Å². The molecule has 0 fully saturated rings. The van der Waals surface area contributed by atoms with Crippen molar-refractivity contribution in [2.24, 2.45) is 5.73 Å². The summed E-state index contributed by atoms with van der Waals surface area (Å²) < 4.78 is 22.5. The molecule has 0 aromatic carbocycles. The molecule has 0 aliphatic carbocycles. The van der Waals surface area contributed by atoms with Gasteiger partial charge in [0.1, 0.15) is 75.4 Å². The summed E-state index contributed by atoms with van der Waals surface area (Å²) >= 11 is 0. The predicted octanol–water partition coefficient (Wildman–Crippen LogP) is 5.48. The third-order valence-electron chi connectivity index (χ3n) is 16.4. The zero-order valence-electron chi connectivity index (χ0n) is 54.4. The van der Waals surface area contributed by atoms with Crippen molar-refractivity contribution in [3.8, 4) is 0 Å². The molecule has 0 saturated heterocycles. The summed E-state index contributed by atoms with van der Waals surface area (Å²) in [6, 6.07) is 10.9. The van der Waals surface area contributed by atoms with Crippen molar-refractivity contribution in [2.75, 3.05) is 65.4 Å². The van der Waals surface area contributed by atoms with Crippen LogP contribution in [0.5, 0.6) is 0 Å². The van der Waals surface area contributed by atoms with Gasteiger partial charge < -0.3 is 72.8 Å². The molecule has 0 saturated carbocycles. The average molecular weight is 1240 g/mol. The third kappa shape index (κ3) is 23.0. The minimum atomic E-state index is -0.710. The first-order valence-electron chi connectivity index (χ1n) is 31.1. The second-order valence-electron chi connectivity index (χ2n) is 22.9. The van der Waals surface area contributed by atoms with Gasteiger partial charge in [0, 0.05) is 36.3 Å². The Labute approximate surface area is 524 Å². The molecule has 4 rings (SSSR count). The largest absolute Gasteiger partial charge is 0.467 e. The van der Waals surface area contributed by atoms with Crippen LogP contribution in [0.1, 0.15) is 145 Å². The number of carbonyl (C=O) groups is 10. The van der Waals surface area contributed by atoms with E-state index in [-0.39, 0.29) is 69.8 Å². The maximum Gasteiger partial charge on any atom is 0.243 e. The Balaban J connectivity index is 1.63. The van der Waals surface area contributed by atoms with Gasteiger partial charge in [0.05, 0.1) is 64.3 Å². The Morgan fingerprint density at radius 1 is 0.348 bits per heavy atom. The van der Waals surface area contributed by atoms with Crippen LogP contribution in [-0.4, -0.2) is 205 Å². The van der Waals surface area contributed by atoms with Gasteiger partial charge in [0.15, 0.2) is 0 Å². The number of hydrogen-bond donors (Lipinski definition) is 2. The van der Waals surface area contributed by atoms with Gasteiger partial charge in [-0.3, -0.25) is 47.9 Å². The van der Waals surface area contributed by atoms with Crippen LogP contribution in [0.15, 0.2) is 91.3 Å². The van der Waals surface area contributed by atoms with Gasteiger partial charge in [-0.25, -0.2) is 0 Å². The van der Waals surface area contributed by atoms with E-state index in [9.17, 15) is 47.9 Å². The second-order valence-corrected chi connectivity index (χ2v) is 22.9. The number of hydrogen-bond acceptors (Lipinski definition) is 15. The zero-order chi connectivity index (χ0) is 65.9. The molecule has 0 bridgehead atoms. The predicted molar refractivity (Wildman–Crippen MR) is 331 cm³/mol. The van der Waals surface area contributed by atoms with Gasteiger partial charge in [-0.05, 0) is 129 Å². The highest BCUT2D eigenvalue weighted by molar-refractivity contribution is 5.94. The fraction of sp³-hybridized carbons (Fsp3) is 0.594. The van der Waals surface area contributed by atoms with Crippen LogP contribution in [0.2, 0.25) is 0 Å². The molecule has 6 unspecified atom stereocenters. The van der Waals surface area contributed by atoms with Crippen LogP contribution in [0.25, 0.3) is 0 Å². The monoisotopic (exact) mass is 1240 g/mol. The molecule has 25 heteroatoms. The van der Waals surface area contributed by atoms with Crippen LogP contribution in [0.4, 0.5) is 0 Å². The number of nitrogens with two attached hydrogens (primary N) is 1. The van der Waals surface area contributed by atoms with E-state index in [0.717, 1.165) is 6.42 Å². The maximum absolute atomic E-state index is 14.9. The number of nitrogens with one attached hydrogen (secondary N) is 1. The van der Waals surface area contributed by atoms with E-state index < -0.39 is 117 Å². The topological polar surface area (TPSA) is 290 Å². The Hall–Kier alpha value is -8.22. The first kappa shape index (κ1) is 73.3. The Kier molecular flexibility index (Phi) is 30.4. The summed E-state index contributed by atoms with van der Waals surface area (Å²) in [5, 5.41) is 3.20. The van der Waals surface area contributed by atoms with Crippen molar-refractivity contribution in [1.82, 2.24) is 49.4 Å². The molecule has 10 amide bonds. The molecule has 0 radical (unpaired) electrons. The normalized spacial score (nSPS) is 13.2. The highest BCUT2D eigenvalue weighted by Gasteiger charge is 2.36. The maximum atomic E-state index is 14.9. The van der Waals surface area contributed by atoms with Gasteiger partial charge in [-0.1, -0.05) is 41.5 Å². The van der Waals surface area contributed by atoms with Crippen LogP contribution in [0, 0.1) is 0 Å². The number of nitrogens with zero attached hydrogens (tertiary/aromatic N) is 9. The molecule has 3 N–H and O–H groups in total. The van der Waals surface area contributed by atoms with E-state index in [4.69, 9.17) is 23.4 Å². The quantitative estimate of drug-likeness (QED) is 0.0557. The highest BCUT2D eigenvalue weighted by atomic mass is 16.3. The van der Waals surface area contributed by atoms with Crippen molar-refractivity contribution < 1.29 is 65.6 Å². The highest BCUT2D eigenvalue weighted by Crippen LogP contribution is 2.19. The van der Waals surface area contributed by atoms with Crippen molar-refractivity contribution in [3.05, 3.63) is 96.6 Å². The molecular weight excluding hydrogens is 1150 g/mol. The summed E-state index contributed by atoms with van der Waals surface area (Å²) in [4.78, 5) is 154. The smallest absolute Gasteiger partial charge is 0.243 e. The summed E-state index contributed by atoms with van der Waals surface area (Å²) in [5.74, 6) is -4.42. The summed E-state index contributed by atoms with van der Waals surface area (Å²) in [5.41, 5.74) is 5.52. The summed E-state index contributed by atoms with van der Waals surface area (Å²) in [6.07, 6.45) is 8.80. The fourth-order valence-electron chi connectivity index (χ4n) is 9.52. The standard InChI is InChI=1S/C64H97N11O14/c1-13-45(7)66-31-56(77)72(47(9)15-3)41-59(80)67(32-51-23-19-27-86-51)37-57(78)70(35-54-26-22-30-89-54)40-62(83)75(50(12)18-6)44-64(85)73(48(10)16-4)42-60(81)68(33-52-24-20-28-87-52)38-58(79)69(34-53-25-21-29-88-53)39-61(82)74(49(11)17-5)43-63(84)71(36-55(65)76)46(8)14-2/h19-30,45-50,66H,13-18,31-44H2,1-12H3,(H2,65,76). The first-order chi connectivity index (χ1) is 42.4. The van der Waals surface area contributed by atoms with Crippen molar-refractivity contribution in [3.63, 3.8) is 0 Å². The average Bonchev–Trinajstić information content (AvgIpc) is 3.39. The van der Waals surface area contributed by atoms with Gasteiger partial charge >= 0.3 is 0 Å². The molecule has 4 aromatic rings. The van der Waals surface area contributed by atoms with Crippen molar-refractivity contribution >= 4 is 59.1 Å². The van der Waals surface area contributed by atoms with Gasteiger partial charge in [-0.15, -0.1) is 0 Å². The lowest BCUT2D eigenvalue weighted by Gasteiger charge is -2.36. The van der Waals surface area contributed by atoms with Crippen molar-refractivity contribution in [2.45, 2.75) is 184 Å². The Bertz CT molecular complexity index is 2840. The third-order valence-corrected chi connectivity index (χ3v) is 16.4. The SMILES string of the molecule is CCC(C)NCC(=O)N(CC(=O)N(CC(=O)N(CC(=O)N(CC(=O)N(CC(=O)N(CC(=O)N(CC(=O)N(CC(=O)N(CC(N)=O)C(C)CC)C(C)CC)Cc1ccco1)Cc1ccco1)C(C)CC)C(C)CC)Cc1ccco1)Cc1ccco1)C(C)CC. The molecule has 0 aliphatic rings. The van der Waals surface area contributed by atoms with E-state index in [1.54, 1.807) is 76.2 Å². The molecule has 4 heterocycles. The van der Waals surface area contributed by atoms with E-state index in [1.807, 2.05) is 55.4 Å². The Morgan fingerprint density at radius 3 is 0.831 bits per heavy atom. The van der Waals surface area contributed by atoms with Gasteiger partial charge in [0.25, 0.3) is 0 Å². The second kappa shape index (κ2) is 36.9. The minimum Gasteiger partial charge on any atom is -0.467 e. The molecule has 25 nitrogen and oxygen atoms in total. The van der Waals surface area contributed by atoms with Gasteiger partial charge in [0.2, 0.25) is 59.1 Å². The van der Waals surface area contributed by atoms with E-state index in [1.165, 1.54) is 69.2 Å². The lowest BCUT2D eigenvalue weighted by Crippen LogP contribution is -2.55. The number of amides is 10. The van der Waals surface area contributed by atoms with Crippen LogP contribution in [-0.2, 0) is 74.1 Å². The van der Waals surface area contributed by atoms with Crippen molar-refractivity contribution in [1.29, 1.82) is 0 Å². The lowest BCUT2D eigenvalue weighted by molar-refractivity contribution is -0.151. The number of carbonyl (C=O) groups excluding carboxylic acids is 10. The minimum absolute atomic E-state index is 0.0124. The fourth-order valence-corrected chi connectivity index (χ4v) is 9.52. The zero-order valence-corrected chi connectivity index (χ0v) is 54.4. The van der Waals surface area contributed by atoms with Crippen LogP contribution >= 0.6 is 0 Å². The molecule has 492 valence electrons. The number of rotatable bonds is 40. The Morgan fingerprint density at radius 2 is 0.584 bits per heavy atom. The molecule has 4 aromatic heterocycles. The van der Waals surface area contributed by atoms with Crippen LogP contribution in [0.3, 0.4) is 0 Å². The number of primary amides is 1. The summed E-state index contributed by atoms with van der Waals surface area (Å²) in [7, 11) is 0. The molecule has 89 heavy (non-hydrogen) atoms. The van der Waals surface area contributed by atoms with Gasteiger partial charge in [-0.2, -0.15) is 0 Å².